The number of anilines is 2. The first-order chi connectivity index (χ1) is 8.90. The molecule has 2 rings (SSSR count). The van der Waals surface area contributed by atoms with Crippen LogP contribution in [0.2, 0.25) is 0 Å². The van der Waals surface area contributed by atoms with Gasteiger partial charge >= 0.3 is 5.69 Å². The van der Waals surface area contributed by atoms with Crippen LogP contribution >= 0.6 is 0 Å². The standard InChI is InChI=1S/C12H20N4O3/c1-7(2)5-16-10(13)9(11(18)14-12(16)19)15-4-3-8(17)6-15/h7-8,17H,3-6,13H2,1-2H3,(H,14,18,19)/t8-/m1/s1. The zero-order valence-electron chi connectivity index (χ0n) is 11.2. The molecule has 4 N–H and O–H groups in total. The number of H-pyrrole nitrogens is 1. The van der Waals surface area contributed by atoms with Crippen molar-refractivity contribution in [1.29, 1.82) is 0 Å². The second kappa shape index (κ2) is 5.08. The molecule has 1 aliphatic heterocycles. The summed E-state index contributed by atoms with van der Waals surface area (Å²) in [6.07, 6.45) is 0.145. The molecule has 7 heteroatoms. The number of rotatable bonds is 3. The maximum absolute atomic E-state index is 11.9. The van der Waals surface area contributed by atoms with Crippen LogP contribution < -0.4 is 21.9 Å². The van der Waals surface area contributed by atoms with E-state index < -0.39 is 17.4 Å². The molecule has 1 aromatic heterocycles. The normalized spacial score (nSPS) is 19.4. The first-order valence-corrected chi connectivity index (χ1v) is 6.45. The molecule has 1 aliphatic rings. The van der Waals surface area contributed by atoms with Gasteiger partial charge in [0.25, 0.3) is 5.56 Å². The number of nitrogens with zero attached hydrogens (tertiary/aromatic N) is 2. The average Bonchev–Trinajstić information content (AvgIpc) is 2.70. The highest BCUT2D eigenvalue weighted by Crippen LogP contribution is 2.22. The molecule has 0 aromatic carbocycles. The van der Waals surface area contributed by atoms with Crippen LogP contribution in [0.5, 0.6) is 0 Å². The van der Waals surface area contributed by atoms with E-state index in [2.05, 4.69) is 4.98 Å². The van der Waals surface area contributed by atoms with Crippen LogP contribution in [0.25, 0.3) is 0 Å². The number of nitrogens with one attached hydrogen (secondary N) is 1. The Morgan fingerprint density at radius 2 is 2.16 bits per heavy atom. The monoisotopic (exact) mass is 268 g/mol. The van der Waals surface area contributed by atoms with Gasteiger partial charge in [0.05, 0.1) is 6.10 Å². The minimum Gasteiger partial charge on any atom is -0.391 e. The number of aliphatic hydroxyl groups excluding tert-OH is 1. The van der Waals surface area contributed by atoms with Crippen LogP contribution in [-0.2, 0) is 6.54 Å². The Bertz CT molecular complexity index is 575. The predicted octanol–water partition coefficient (Wildman–Crippen LogP) is -0.654. The minimum atomic E-state index is -0.489. The average molecular weight is 268 g/mol. The zero-order chi connectivity index (χ0) is 14.2. The van der Waals surface area contributed by atoms with E-state index in [9.17, 15) is 14.7 Å². The lowest BCUT2D eigenvalue weighted by Gasteiger charge is -2.21. The summed E-state index contributed by atoms with van der Waals surface area (Å²) in [5.41, 5.74) is 5.29. The molecule has 0 unspecified atom stereocenters. The SMILES string of the molecule is CC(C)Cn1c(N)c(N2CC[C@@H](O)C2)c(=O)[nH]c1=O. The van der Waals surface area contributed by atoms with Crippen molar-refractivity contribution in [3.63, 3.8) is 0 Å². The number of aliphatic hydroxyl groups is 1. The van der Waals surface area contributed by atoms with E-state index in [0.29, 0.717) is 26.1 Å². The second-order valence-corrected chi connectivity index (χ2v) is 5.39. The molecule has 0 radical (unpaired) electrons. The lowest BCUT2D eigenvalue weighted by molar-refractivity contribution is 0.198. The predicted molar refractivity (Wildman–Crippen MR) is 73.4 cm³/mol. The molecule has 0 aliphatic carbocycles. The highest BCUT2D eigenvalue weighted by molar-refractivity contribution is 5.63. The van der Waals surface area contributed by atoms with Crippen molar-refractivity contribution < 1.29 is 5.11 Å². The van der Waals surface area contributed by atoms with E-state index in [1.165, 1.54) is 4.57 Å². The molecular formula is C12H20N4O3. The van der Waals surface area contributed by atoms with Crippen LogP contribution in [-0.4, -0.2) is 33.9 Å². The summed E-state index contributed by atoms with van der Waals surface area (Å²) in [6, 6.07) is 0. The molecule has 1 fully saturated rings. The van der Waals surface area contributed by atoms with Crippen molar-refractivity contribution in [3.05, 3.63) is 20.8 Å². The Labute approximate surface area is 110 Å². The molecule has 0 bridgehead atoms. The van der Waals surface area contributed by atoms with Gasteiger partial charge in [-0.2, -0.15) is 0 Å². The summed E-state index contributed by atoms with van der Waals surface area (Å²) in [7, 11) is 0. The number of aromatic nitrogens is 2. The van der Waals surface area contributed by atoms with Gasteiger partial charge in [-0.05, 0) is 12.3 Å². The molecule has 2 heterocycles. The lowest BCUT2D eigenvalue weighted by atomic mass is 10.2. The zero-order valence-corrected chi connectivity index (χ0v) is 11.2. The van der Waals surface area contributed by atoms with Crippen LogP contribution in [0.1, 0.15) is 20.3 Å². The summed E-state index contributed by atoms with van der Waals surface area (Å²) < 4.78 is 1.38. The van der Waals surface area contributed by atoms with E-state index in [4.69, 9.17) is 5.73 Å². The summed E-state index contributed by atoms with van der Waals surface area (Å²) in [5, 5.41) is 9.55. The topological polar surface area (TPSA) is 104 Å². The van der Waals surface area contributed by atoms with Crippen molar-refractivity contribution in [1.82, 2.24) is 9.55 Å². The Hall–Kier alpha value is -1.76. The molecule has 0 spiro atoms. The smallest absolute Gasteiger partial charge is 0.330 e. The van der Waals surface area contributed by atoms with Crippen LogP contribution in [0.4, 0.5) is 11.5 Å². The fourth-order valence-electron chi connectivity index (χ4n) is 2.37. The number of nitrogens with two attached hydrogens (primary N) is 1. The van der Waals surface area contributed by atoms with Crippen molar-refractivity contribution in [2.24, 2.45) is 5.92 Å². The minimum absolute atomic E-state index is 0.177. The summed E-state index contributed by atoms with van der Waals surface area (Å²) in [6.45, 7) is 5.32. The Balaban J connectivity index is 2.49. The van der Waals surface area contributed by atoms with Gasteiger partial charge in [0.2, 0.25) is 0 Å². The van der Waals surface area contributed by atoms with Crippen LogP contribution in [0, 0.1) is 5.92 Å². The van der Waals surface area contributed by atoms with Gasteiger partial charge in [0.1, 0.15) is 11.5 Å². The maximum Gasteiger partial charge on any atom is 0.330 e. The van der Waals surface area contributed by atoms with Crippen molar-refractivity contribution >= 4 is 11.5 Å². The third-order valence-electron chi connectivity index (χ3n) is 3.24. The van der Waals surface area contributed by atoms with Crippen molar-refractivity contribution in [3.8, 4) is 0 Å². The third kappa shape index (κ3) is 2.65. The van der Waals surface area contributed by atoms with Gasteiger partial charge < -0.3 is 15.7 Å². The van der Waals surface area contributed by atoms with Crippen LogP contribution in [0.15, 0.2) is 9.59 Å². The molecule has 19 heavy (non-hydrogen) atoms. The van der Waals surface area contributed by atoms with Gasteiger partial charge in [0, 0.05) is 19.6 Å². The molecule has 1 saturated heterocycles. The van der Waals surface area contributed by atoms with Gasteiger partial charge in [0.15, 0.2) is 0 Å². The summed E-state index contributed by atoms with van der Waals surface area (Å²) in [4.78, 5) is 27.7. The van der Waals surface area contributed by atoms with E-state index in [-0.39, 0.29) is 17.4 Å². The van der Waals surface area contributed by atoms with Gasteiger partial charge in [-0.3, -0.25) is 14.3 Å². The van der Waals surface area contributed by atoms with Gasteiger partial charge in [-0.25, -0.2) is 4.79 Å². The first-order valence-electron chi connectivity index (χ1n) is 6.45. The van der Waals surface area contributed by atoms with E-state index in [1.807, 2.05) is 13.8 Å². The Morgan fingerprint density at radius 1 is 1.47 bits per heavy atom. The summed E-state index contributed by atoms with van der Waals surface area (Å²) in [5.74, 6) is 0.416. The number of aromatic amines is 1. The quantitative estimate of drug-likeness (QED) is 0.675. The number of nitrogen functional groups attached to an aromatic ring is 1. The van der Waals surface area contributed by atoms with E-state index in [1.54, 1.807) is 4.90 Å². The number of β-amino-alcohol motifs (C(OH)–C–C–N with tert-alkyl or cyclic N) is 1. The van der Waals surface area contributed by atoms with Gasteiger partial charge in [-0.15, -0.1) is 0 Å². The maximum atomic E-state index is 11.9. The fourth-order valence-corrected chi connectivity index (χ4v) is 2.37. The lowest BCUT2D eigenvalue weighted by Crippen LogP contribution is -2.38. The third-order valence-corrected chi connectivity index (χ3v) is 3.24. The molecule has 0 amide bonds. The number of hydrogen-bond acceptors (Lipinski definition) is 5. The molecule has 7 nitrogen and oxygen atoms in total. The molecule has 0 saturated carbocycles. The second-order valence-electron chi connectivity index (χ2n) is 5.39. The van der Waals surface area contributed by atoms with Crippen molar-refractivity contribution in [2.75, 3.05) is 23.7 Å². The fraction of sp³-hybridized carbons (Fsp3) is 0.667. The molecule has 1 aromatic rings. The first kappa shape index (κ1) is 13.7. The Morgan fingerprint density at radius 3 is 2.68 bits per heavy atom. The van der Waals surface area contributed by atoms with Crippen LogP contribution in [0.3, 0.4) is 0 Å². The molecule has 1 atom stereocenters. The largest absolute Gasteiger partial charge is 0.391 e. The highest BCUT2D eigenvalue weighted by atomic mass is 16.3. The van der Waals surface area contributed by atoms with E-state index >= 15 is 0 Å². The highest BCUT2D eigenvalue weighted by Gasteiger charge is 2.26. The molecular weight excluding hydrogens is 248 g/mol. The Kier molecular flexibility index (Phi) is 3.66. The molecule has 106 valence electrons. The number of hydrogen-bond donors (Lipinski definition) is 3. The van der Waals surface area contributed by atoms with Crippen molar-refractivity contribution in [2.45, 2.75) is 32.9 Å². The van der Waals surface area contributed by atoms with Gasteiger partial charge in [-0.1, -0.05) is 13.8 Å². The van der Waals surface area contributed by atoms with E-state index in [0.717, 1.165) is 0 Å². The summed E-state index contributed by atoms with van der Waals surface area (Å²) >= 11 is 0.